The summed E-state index contributed by atoms with van der Waals surface area (Å²) in [5, 5.41) is 9.32. The van der Waals surface area contributed by atoms with Crippen LogP contribution >= 0.6 is 15.9 Å². The Morgan fingerprint density at radius 3 is 2.61 bits per heavy atom. The van der Waals surface area contributed by atoms with Crippen molar-refractivity contribution >= 4 is 21.8 Å². The van der Waals surface area contributed by atoms with E-state index in [1.807, 2.05) is 0 Å². The third-order valence-electron chi connectivity index (χ3n) is 2.26. The van der Waals surface area contributed by atoms with Crippen LogP contribution < -0.4 is 10.5 Å². The van der Waals surface area contributed by atoms with E-state index in [0.29, 0.717) is 21.5 Å². The first-order valence-electron chi connectivity index (χ1n) is 5.12. The molecule has 0 radical (unpaired) electrons. The van der Waals surface area contributed by atoms with Gasteiger partial charge in [0.25, 0.3) is 0 Å². The maximum absolute atomic E-state index is 11.0. The van der Waals surface area contributed by atoms with Crippen molar-refractivity contribution in [2.75, 3.05) is 0 Å². The molecule has 2 aromatic rings. The molecule has 0 unspecified atom stereocenters. The van der Waals surface area contributed by atoms with Crippen molar-refractivity contribution in [2.24, 2.45) is 5.73 Å². The van der Waals surface area contributed by atoms with Gasteiger partial charge in [-0.15, -0.1) is 0 Å². The lowest BCUT2D eigenvalue weighted by Gasteiger charge is -2.08. The molecule has 2 aromatic carbocycles. The molecule has 92 valence electrons. The number of primary amides is 1. The normalized spacial score (nSPS) is 10.1. The molecule has 18 heavy (non-hydrogen) atoms. The number of rotatable bonds is 3. The van der Waals surface area contributed by atoms with Gasteiger partial charge >= 0.3 is 0 Å². The first kappa shape index (κ1) is 12.4. The highest BCUT2D eigenvalue weighted by atomic mass is 79.9. The number of ether oxygens (including phenoxy) is 1. The zero-order chi connectivity index (χ0) is 13.1. The van der Waals surface area contributed by atoms with Crippen molar-refractivity contribution in [3.05, 3.63) is 52.5 Å². The van der Waals surface area contributed by atoms with Crippen LogP contribution in [0.5, 0.6) is 17.2 Å². The van der Waals surface area contributed by atoms with Crippen LogP contribution in [0.1, 0.15) is 10.4 Å². The summed E-state index contributed by atoms with van der Waals surface area (Å²) in [6.45, 7) is 0. The maximum atomic E-state index is 11.0. The SMILES string of the molecule is NC(=O)c1ccc(Oc2cccc(O)c2)c(Br)c1. The van der Waals surface area contributed by atoms with Gasteiger partial charge < -0.3 is 15.6 Å². The fourth-order valence-electron chi connectivity index (χ4n) is 1.41. The van der Waals surface area contributed by atoms with E-state index < -0.39 is 5.91 Å². The van der Waals surface area contributed by atoms with Crippen LogP contribution in [-0.4, -0.2) is 11.0 Å². The van der Waals surface area contributed by atoms with Gasteiger partial charge in [-0.2, -0.15) is 0 Å². The van der Waals surface area contributed by atoms with Gasteiger partial charge in [0.05, 0.1) is 4.47 Å². The van der Waals surface area contributed by atoms with E-state index in [2.05, 4.69) is 15.9 Å². The monoisotopic (exact) mass is 307 g/mol. The second-order valence-electron chi connectivity index (χ2n) is 3.61. The van der Waals surface area contributed by atoms with E-state index in [9.17, 15) is 9.90 Å². The summed E-state index contributed by atoms with van der Waals surface area (Å²) in [6.07, 6.45) is 0. The Kier molecular flexibility index (Phi) is 3.53. The molecule has 0 heterocycles. The minimum atomic E-state index is -0.500. The van der Waals surface area contributed by atoms with E-state index >= 15 is 0 Å². The largest absolute Gasteiger partial charge is 0.508 e. The number of amides is 1. The molecule has 2 rings (SSSR count). The molecule has 0 saturated carbocycles. The number of hydrogen-bond donors (Lipinski definition) is 2. The van der Waals surface area contributed by atoms with Crippen molar-refractivity contribution in [2.45, 2.75) is 0 Å². The van der Waals surface area contributed by atoms with Crippen LogP contribution in [0, 0.1) is 0 Å². The summed E-state index contributed by atoms with van der Waals surface area (Å²) in [5.74, 6) is 0.658. The molecule has 0 aliphatic carbocycles. The lowest BCUT2D eigenvalue weighted by Crippen LogP contribution is -2.10. The molecular weight excluding hydrogens is 298 g/mol. The minimum Gasteiger partial charge on any atom is -0.508 e. The fourth-order valence-corrected chi connectivity index (χ4v) is 1.87. The third kappa shape index (κ3) is 2.81. The highest BCUT2D eigenvalue weighted by Gasteiger charge is 2.07. The summed E-state index contributed by atoms with van der Waals surface area (Å²) in [6, 6.07) is 11.2. The average Bonchev–Trinajstić information content (AvgIpc) is 2.31. The first-order valence-corrected chi connectivity index (χ1v) is 5.92. The van der Waals surface area contributed by atoms with Crippen LogP contribution in [0.4, 0.5) is 0 Å². The third-order valence-corrected chi connectivity index (χ3v) is 2.88. The predicted octanol–water partition coefficient (Wildman–Crippen LogP) is 3.05. The Bertz CT molecular complexity index is 599. The van der Waals surface area contributed by atoms with Gasteiger partial charge in [0.2, 0.25) is 5.91 Å². The fraction of sp³-hybridized carbons (Fsp3) is 0. The van der Waals surface area contributed by atoms with Crippen LogP contribution in [0.15, 0.2) is 46.9 Å². The summed E-state index contributed by atoms with van der Waals surface area (Å²) < 4.78 is 6.18. The topological polar surface area (TPSA) is 72.6 Å². The van der Waals surface area contributed by atoms with Crippen LogP contribution in [-0.2, 0) is 0 Å². The van der Waals surface area contributed by atoms with E-state index in [1.165, 1.54) is 6.07 Å². The van der Waals surface area contributed by atoms with E-state index in [0.717, 1.165) is 0 Å². The van der Waals surface area contributed by atoms with Crippen molar-refractivity contribution in [3.63, 3.8) is 0 Å². The van der Waals surface area contributed by atoms with E-state index in [1.54, 1.807) is 36.4 Å². The molecular formula is C13H10BrNO3. The lowest BCUT2D eigenvalue weighted by molar-refractivity contribution is 0.1000. The van der Waals surface area contributed by atoms with Gasteiger partial charge in [-0.3, -0.25) is 4.79 Å². The average molecular weight is 308 g/mol. The zero-order valence-corrected chi connectivity index (χ0v) is 10.8. The molecule has 1 amide bonds. The van der Waals surface area contributed by atoms with Crippen molar-refractivity contribution in [3.8, 4) is 17.2 Å². The van der Waals surface area contributed by atoms with E-state index in [4.69, 9.17) is 10.5 Å². The van der Waals surface area contributed by atoms with Gasteiger partial charge in [-0.25, -0.2) is 0 Å². The van der Waals surface area contributed by atoms with Crippen LogP contribution in [0.2, 0.25) is 0 Å². The number of hydrogen-bond acceptors (Lipinski definition) is 3. The Hall–Kier alpha value is -2.01. The summed E-state index contributed by atoms with van der Waals surface area (Å²) in [4.78, 5) is 11.0. The molecule has 5 heteroatoms. The molecule has 0 bridgehead atoms. The highest BCUT2D eigenvalue weighted by molar-refractivity contribution is 9.10. The molecule has 0 atom stereocenters. The Morgan fingerprint density at radius 1 is 1.22 bits per heavy atom. The number of carbonyl (C=O) groups excluding carboxylic acids is 1. The second-order valence-corrected chi connectivity index (χ2v) is 4.46. The Labute approximate surface area is 112 Å². The van der Waals surface area contributed by atoms with Gasteiger partial charge in [-0.1, -0.05) is 6.07 Å². The van der Waals surface area contributed by atoms with Crippen LogP contribution in [0.3, 0.4) is 0 Å². The van der Waals surface area contributed by atoms with Gasteiger partial charge in [-0.05, 0) is 46.3 Å². The standard InChI is InChI=1S/C13H10BrNO3/c14-11-6-8(13(15)17)4-5-12(11)18-10-3-1-2-9(16)7-10/h1-7,16H,(H2,15,17). The smallest absolute Gasteiger partial charge is 0.248 e. The summed E-state index contributed by atoms with van der Waals surface area (Å²) in [7, 11) is 0. The highest BCUT2D eigenvalue weighted by Crippen LogP contribution is 2.31. The number of phenols is 1. The summed E-state index contributed by atoms with van der Waals surface area (Å²) >= 11 is 3.30. The van der Waals surface area contributed by atoms with Crippen molar-refractivity contribution in [1.29, 1.82) is 0 Å². The van der Waals surface area contributed by atoms with Crippen LogP contribution in [0.25, 0.3) is 0 Å². The summed E-state index contributed by atoms with van der Waals surface area (Å²) in [5.41, 5.74) is 5.57. The molecule has 0 aliphatic heterocycles. The van der Waals surface area contributed by atoms with Gasteiger partial charge in [0.15, 0.2) is 0 Å². The van der Waals surface area contributed by atoms with Crippen molar-refractivity contribution < 1.29 is 14.6 Å². The maximum Gasteiger partial charge on any atom is 0.248 e. The first-order chi connectivity index (χ1) is 8.56. The van der Waals surface area contributed by atoms with Crippen molar-refractivity contribution in [1.82, 2.24) is 0 Å². The molecule has 0 aromatic heterocycles. The number of phenolic OH excluding ortho intramolecular Hbond substituents is 1. The number of nitrogens with two attached hydrogens (primary N) is 1. The predicted molar refractivity (Wildman–Crippen MR) is 70.8 cm³/mol. The quantitative estimate of drug-likeness (QED) is 0.915. The number of benzene rings is 2. The zero-order valence-electron chi connectivity index (χ0n) is 9.26. The molecule has 0 saturated heterocycles. The molecule has 0 aliphatic rings. The molecule has 0 fully saturated rings. The lowest BCUT2D eigenvalue weighted by atomic mass is 10.2. The number of aromatic hydroxyl groups is 1. The van der Waals surface area contributed by atoms with Gasteiger partial charge in [0, 0.05) is 11.6 Å². The van der Waals surface area contributed by atoms with Gasteiger partial charge in [0.1, 0.15) is 17.2 Å². The molecule has 4 nitrogen and oxygen atoms in total. The van der Waals surface area contributed by atoms with E-state index in [-0.39, 0.29) is 5.75 Å². The Morgan fingerprint density at radius 2 is 2.00 bits per heavy atom. The Balaban J connectivity index is 2.27. The second kappa shape index (κ2) is 5.10. The molecule has 3 N–H and O–H groups in total. The number of halogens is 1. The molecule has 0 spiro atoms. The number of carbonyl (C=O) groups is 1. The minimum absolute atomic E-state index is 0.123.